The van der Waals surface area contributed by atoms with E-state index in [2.05, 4.69) is 12.0 Å². The van der Waals surface area contributed by atoms with Crippen LogP contribution in [0.1, 0.15) is 36.2 Å². The van der Waals surface area contributed by atoms with Crippen molar-refractivity contribution in [1.29, 1.82) is 0 Å². The second kappa shape index (κ2) is 8.38. The van der Waals surface area contributed by atoms with Crippen LogP contribution in [0, 0.1) is 0 Å². The van der Waals surface area contributed by atoms with Gasteiger partial charge in [-0.3, -0.25) is 9.48 Å². The van der Waals surface area contributed by atoms with Crippen LogP contribution in [0.3, 0.4) is 0 Å². The number of carboxylic acid groups (broad SMARTS) is 1. The van der Waals surface area contributed by atoms with Gasteiger partial charge < -0.3 is 20.5 Å². The number of primary amides is 1. The minimum Gasteiger partial charge on any atom is -0.542 e. The molecular formula is C17H21F3N4O3. The minimum atomic E-state index is -5.19. The highest BCUT2D eigenvalue weighted by Gasteiger charge is 2.29. The number of hydrogen-bond acceptors (Lipinski definition) is 4. The third-order valence-corrected chi connectivity index (χ3v) is 4.52. The number of nitrogens with two attached hydrogens (primary N) is 1. The molecule has 10 heteroatoms. The van der Waals surface area contributed by atoms with Crippen molar-refractivity contribution in [2.24, 2.45) is 5.73 Å². The van der Waals surface area contributed by atoms with Gasteiger partial charge in [0.15, 0.2) is 0 Å². The summed E-state index contributed by atoms with van der Waals surface area (Å²) >= 11 is 0. The van der Waals surface area contributed by atoms with Crippen molar-refractivity contribution in [3.63, 3.8) is 0 Å². The van der Waals surface area contributed by atoms with Crippen molar-refractivity contribution in [3.8, 4) is 0 Å². The molecule has 3 rings (SSSR count). The van der Waals surface area contributed by atoms with Crippen molar-refractivity contribution >= 4 is 22.8 Å². The quantitative estimate of drug-likeness (QED) is 0.754. The van der Waals surface area contributed by atoms with E-state index in [1.165, 1.54) is 13.0 Å². The maximum atomic E-state index is 11.5. The standard InChI is InChI=1S/C15H20N4O.C2HF3O2/c1-2-18-8-4-6-12(10-18)19-9-11-5-3-7-13(15(16)20)14(11)17-19;3-2(4,5)1(6)7/h3,5,7,9,12H,2,4,6,8,10H2,1H3,(H2,16,20);(H,6,7). The van der Waals surface area contributed by atoms with E-state index in [-0.39, 0.29) is 0 Å². The summed E-state index contributed by atoms with van der Waals surface area (Å²) in [5.41, 5.74) is 6.66. The molecule has 3 N–H and O–H groups in total. The highest BCUT2D eigenvalue weighted by Crippen LogP contribution is 2.21. The second-order valence-corrected chi connectivity index (χ2v) is 6.36. The van der Waals surface area contributed by atoms with Crippen LogP contribution in [0.2, 0.25) is 0 Å². The second-order valence-electron chi connectivity index (χ2n) is 6.36. The average Bonchev–Trinajstić information content (AvgIpc) is 3.05. The molecule has 0 spiro atoms. The van der Waals surface area contributed by atoms with E-state index in [4.69, 9.17) is 15.6 Å². The Morgan fingerprint density at radius 3 is 2.63 bits per heavy atom. The topological polar surface area (TPSA) is 105 Å². The highest BCUT2D eigenvalue weighted by molar-refractivity contribution is 6.04. The van der Waals surface area contributed by atoms with Crippen molar-refractivity contribution in [2.75, 3.05) is 19.6 Å². The number of carbonyl (C=O) groups excluding carboxylic acids is 2. The summed E-state index contributed by atoms with van der Waals surface area (Å²) in [4.78, 5) is 21.9. The summed E-state index contributed by atoms with van der Waals surface area (Å²) in [6, 6.07) is 6.01. The molecule has 0 aliphatic carbocycles. The Kier molecular flexibility index (Phi) is 6.42. The van der Waals surface area contributed by atoms with Crippen molar-refractivity contribution in [1.82, 2.24) is 9.78 Å². The summed E-state index contributed by atoms with van der Waals surface area (Å²) in [6.07, 6.45) is -0.763. The largest absolute Gasteiger partial charge is 0.542 e. The lowest BCUT2D eigenvalue weighted by Crippen LogP contribution is -3.13. The number of hydrogen-bond donors (Lipinski definition) is 2. The van der Waals surface area contributed by atoms with Crippen LogP contribution in [0.25, 0.3) is 10.9 Å². The molecule has 0 saturated carbocycles. The number of aliphatic carboxylic acids is 1. The van der Waals surface area contributed by atoms with Gasteiger partial charge in [-0.2, -0.15) is 18.3 Å². The fourth-order valence-electron chi connectivity index (χ4n) is 3.12. The zero-order valence-corrected chi connectivity index (χ0v) is 14.8. The molecule has 1 amide bonds. The molecule has 1 aromatic heterocycles. The lowest BCUT2D eigenvalue weighted by atomic mass is 10.1. The Bertz CT molecular complexity index is 819. The third-order valence-electron chi connectivity index (χ3n) is 4.52. The molecule has 1 saturated heterocycles. The maximum absolute atomic E-state index is 11.5. The number of likely N-dealkylation sites (tertiary alicyclic amines) is 1. The number of fused-ring (bicyclic) bond motifs is 1. The Morgan fingerprint density at radius 2 is 2.07 bits per heavy atom. The van der Waals surface area contributed by atoms with Crippen LogP contribution in [0.15, 0.2) is 24.4 Å². The van der Waals surface area contributed by atoms with Crippen LogP contribution in [0.4, 0.5) is 13.2 Å². The zero-order chi connectivity index (χ0) is 20.2. The number of halogens is 3. The number of amides is 1. The normalized spacial score (nSPS) is 20.0. The maximum Gasteiger partial charge on any atom is 0.430 e. The van der Waals surface area contributed by atoms with Crippen LogP contribution in [-0.4, -0.2) is 47.5 Å². The van der Waals surface area contributed by atoms with E-state index < -0.39 is 18.1 Å². The predicted molar refractivity (Wildman–Crippen MR) is 88.8 cm³/mol. The summed E-state index contributed by atoms with van der Waals surface area (Å²) in [5, 5.41) is 14.4. The van der Waals surface area contributed by atoms with Gasteiger partial charge in [-0.25, -0.2) is 0 Å². The van der Waals surface area contributed by atoms with E-state index in [1.54, 1.807) is 11.0 Å². The minimum absolute atomic E-state index is 0.412. The number of carbonyl (C=O) groups is 2. The van der Waals surface area contributed by atoms with E-state index in [9.17, 15) is 18.0 Å². The van der Waals surface area contributed by atoms with Crippen LogP contribution < -0.4 is 15.7 Å². The number of piperidine rings is 1. The number of rotatable bonds is 3. The van der Waals surface area contributed by atoms with Crippen molar-refractivity contribution in [2.45, 2.75) is 32.0 Å². The number of quaternary nitrogens is 1. The fourth-order valence-corrected chi connectivity index (χ4v) is 3.12. The molecule has 2 heterocycles. The summed E-state index contributed by atoms with van der Waals surface area (Å²) in [6.45, 7) is 5.74. The monoisotopic (exact) mass is 386 g/mol. The highest BCUT2D eigenvalue weighted by atomic mass is 19.4. The molecule has 1 aromatic carbocycles. The molecule has 148 valence electrons. The molecule has 7 nitrogen and oxygen atoms in total. The van der Waals surface area contributed by atoms with Crippen LogP contribution in [-0.2, 0) is 4.79 Å². The number of nitrogens with one attached hydrogen (secondary N) is 1. The van der Waals surface area contributed by atoms with E-state index in [0.717, 1.165) is 30.4 Å². The van der Waals surface area contributed by atoms with Gasteiger partial charge in [-0.15, -0.1) is 0 Å². The number of alkyl halides is 3. The first kappa shape index (κ1) is 20.7. The Hall–Kier alpha value is -2.62. The van der Waals surface area contributed by atoms with Crippen LogP contribution in [0.5, 0.6) is 0 Å². The Labute approximate surface area is 153 Å². The Morgan fingerprint density at radius 1 is 1.41 bits per heavy atom. The van der Waals surface area contributed by atoms with Gasteiger partial charge >= 0.3 is 6.18 Å². The van der Waals surface area contributed by atoms with Gasteiger partial charge in [-0.1, -0.05) is 12.1 Å². The zero-order valence-electron chi connectivity index (χ0n) is 14.8. The Balaban J connectivity index is 0.000000321. The lowest BCUT2D eigenvalue weighted by molar-refractivity contribution is -0.905. The predicted octanol–water partition coefficient (Wildman–Crippen LogP) is -0.326. The van der Waals surface area contributed by atoms with E-state index in [0.29, 0.717) is 11.6 Å². The first-order valence-corrected chi connectivity index (χ1v) is 8.52. The number of likely N-dealkylation sites (N-methyl/N-ethyl adjacent to an activating group) is 1. The van der Waals surface area contributed by atoms with Gasteiger partial charge in [-0.05, 0) is 25.8 Å². The van der Waals surface area contributed by atoms with Gasteiger partial charge in [0.05, 0.1) is 25.2 Å². The first-order chi connectivity index (χ1) is 12.6. The average molecular weight is 386 g/mol. The van der Waals surface area contributed by atoms with Gasteiger partial charge in [0, 0.05) is 11.6 Å². The lowest BCUT2D eigenvalue weighted by Gasteiger charge is -2.29. The van der Waals surface area contributed by atoms with Crippen molar-refractivity contribution < 1.29 is 32.8 Å². The smallest absolute Gasteiger partial charge is 0.430 e. The number of nitrogens with zero attached hydrogens (tertiary/aromatic N) is 2. The molecule has 1 aliphatic heterocycles. The summed E-state index contributed by atoms with van der Waals surface area (Å²) < 4.78 is 33.6. The van der Waals surface area contributed by atoms with Gasteiger partial charge in [0.25, 0.3) is 5.91 Å². The summed E-state index contributed by atoms with van der Waals surface area (Å²) in [5.74, 6) is -3.42. The van der Waals surface area contributed by atoms with Crippen molar-refractivity contribution in [3.05, 3.63) is 30.0 Å². The first-order valence-electron chi connectivity index (χ1n) is 8.52. The fraction of sp³-hybridized carbons (Fsp3) is 0.471. The molecule has 1 aliphatic rings. The van der Waals surface area contributed by atoms with Gasteiger partial charge in [0.1, 0.15) is 17.5 Å². The number of benzene rings is 1. The molecule has 2 aromatic rings. The molecule has 0 bridgehead atoms. The van der Waals surface area contributed by atoms with E-state index >= 15 is 0 Å². The molecule has 0 radical (unpaired) electrons. The SMILES string of the molecule is CC[NH+]1CCCC(n2cc3cccc(C(N)=O)c3n2)C1.O=C([O-])C(F)(F)F. The molecule has 1 fully saturated rings. The molecule has 2 unspecified atom stereocenters. The number of aromatic nitrogens is 2. The van der Waals surface area contributed by atoms with Gasteiger partial charge in [0.2, 0.25) is 0 Å². The van der Waals surface area contributed by atoms with Crippen LogP contribution >= 0.6 is 0 Å². The third kappa shape index (κ3) is 5.19. The molecular weight excluding hydrogens is 365 g/mol. The number of carboxylic acids is 1. The van der Waals surface area contributed by atoms with E-state index in [1.807, 2.05) is 23.0 Å². The molecule has 2 atom stereocenters. The summed E-state index contributed by atoms with van der Waals surface area (Å²) in [7, 11) is 0. The molecule has 27 heavy (non-hydrogen) atoms.